The molecule has 0 aliphatic heterocycles. The molecule has 0 unspecified atom stereocenters. The van der Waals surface area contributed by atoms with E-state index in [1.54, 1.807) is 11.3 Å². The van der Waals surface area contributed by atoms with Crippen molar-refractivity contribution in [2.75, 3.05) is 13.1 Å². The highest BCUT2D eigenvalue weighted by molar-refractivity contribution is 14.0. The van der Waals surface area contributed by atoms with Gasteiger partial charge in [-0.1, -0.05) is 32.8 Å². The fraction of sp³-hybridized carbons (Fsp3) is 0.688. The van der Waals surface area contributed by atoms with Crippen LogP contribution in [0, 0.1) is 0 Å². The largest absolute Gasteiger partial charge is 0.388 e. The van der Waals surface area contributed by atoms with E-state index in [1.807, 2.05) is 13.0 Å². The number of thiophene rings is 1. The SMILES string of the molecule is CCCC(O)(CCC)CNC(=NCc1cccs1)NCC.I. The van der Waals surface area contributed by atoms with Gasteiger partial charge in [0, 0.05) is 18.0 Å². The minimum absolute atomic E-state index is 0. The van der Waals surface area contributed by atoms with Gasteiger partial charge in [0.25, 0.3) is 0 Å². The quantitative estimate of drug-likeness (QED) is 0.312. The van der Waals surface area contributed by atoms with E-state index in [1.165, 1.54) is 4.88 Å². The van der Waals surface area contributed by atoms with Crippen LogP contribution < -0.4 is 10.6 Å². The van der Waals surface area contributed by atoms with Gasteiger partial charge in [0.15, 0.2) is 5.96 Å². The molecule has 0 saturated carbocycles. The average Bonchev–Trinajstić information content (AvgIpc) is 2.96. The first kappa shape index (κ1) is 21.7. The zero-order chi connectivity index (χ0) is 15.6. The summed E-state index contributed by atoms with van der Waals surface area (Å²) in [6.07, 6.45) is 3.61. The summed E-state index contributed by atoms with van der Waals surface area (Å²) in [4.78, 5) is 5.81. The Bertz CT molecular complexity index is 404. The summed E-state index contributed by atoms with van der Waals surface area (Å²) in [5, 5.41) is 19.2. The van der Waals surface area contributed by atoms with Crippen LogP contribution in [-0.4, -0.2) is 29.8 Å². The molecule has 0 saturated heterocycles. The number of hydrogen-bond acceptors (Lipinski definition) is 3. The maximum atomic E-state index is 10.6. The third kappa shape index (κ3) is 8.33. The molecule has 4 nitrogen and oxygen atoms in total. The second-order valence-electron chi connectivity index (χ2n) is 5.35. The van der Waals surface area contributed by atoms with Gasteiger partial charge >= 0.3 is 0 Å². The number of nitrogens with zero attached hydrogens (tertiary/aromatic N) is 1. The number of halogens is 1. The van der Waals surface area contributed by atoms with Crippen molar-refractivity contribution in [1.82, 2.24) is 10.6 Å². The van der Waals surface area contributed by atoms with E-state index in [-0.39, 0.29) is 24.0 Å². The Morgan fingerprint density at radius 1 is 1.23 bits per heavy atom. The molecule has 0 bridgehead atoms. The summed E-state index contributed by atoms with van der Waals surface area (Å²) in [5.74, 6) is 0.775. The fourth-order valence-corrected chi connectivity index (χ4v) is 3.01. The van der Waals surface area contributed by atoms with Gasteiger partial charge < -0.3 is 15.7 Å². The number of aliphatic hydroxyl groups is 1. The van der Waals surface area contributed by atoms with Crippen LogP contribution in [0.3, 0.4) is 0 Å². The minimum atomic E-state index is -0.636. The monoisotopic (exact) mass is 439 g/mol. The molecular formula is C16H30IN3OS. The third-order valence-corrected chi connectivity index (χ3v) is 4.19. The first-order valence-corrected chi connectivity index (χ1v) is 8.78. The van der Waals surface area contributed by atoms with Gasteiger partial charge in [-0.15, -0.1) is 35.3 Å². The molecular weight excluding hydrogens is 409 g/mol. The van der Waals surface area contributed by atoms with Crippen molar-refractivity contribution < 1.29 is 5.11 Å². The molecule has 0 atom stereocenters. The van der Waals surface area contributed by atoms with E-state index < -0.39 is 5.60 Å². The van der Waals surface area contributed by atoms with Crippen molar-refractivity contribution in [3.05, 3.63) is 22.4 Å². The molecule has 22 heavy (non-hydrogen) atoms. The molecule has 0 spiro atoms. The van der Waals surface area contributed by atoms with E-state index >= 15 is 0 Å². The summed E-state index contributed by atoms with van der Waals surface area (Å²) >= 11 is 1.71. The molecule has 0 aromatic carbocycles. The molecule has 0 fully saturated rings. The molecule has 1 aromatic heterocycles. The van der Waals surface area contributed by atoms with Gasteiger partial charge in [-0.3, -0.25) is 0 Å². The lowest BCUT2D eigenvalue weighted by atomic mass is 9.93. The summed E-state index contributed by atoms with van der Waals surface area (Å²) in [6, 6.07) is 4.12. The smallest absolute Gasteiger partial charge is 0.191 e. The van der Waals surface area contributed by atoms with Crippen molar-refractivity contribution in [1.29, 1.82) is 0 Å². The van der Waals surface area contributed by atoms with Crippen LogP contribution in [0.15, 0.2) is 22.5 Å². The third-order valence-electron chi connectivity index (χ3n) is 3.33. The first-order chi connectivity index (χ1) is 10.1. The van der Waals surface area contributed by atoms with Crippen LogP contribution in [0.2, 0.25) is 0 Å². The van der Waals surface area contributed by atoms with Gasteiger partial charge in [-0.05, 0) is 31.2 Å². The zero-order valence-corrected chi connectivity index (χ0v) is 17.0. The number of nitrogens with one attached hydrogen (secondary N) is 2. The first-order valence-electron chi connectivity index (χ1n) is 7.90. The fourth-order valence-electron chi connectivity index (χ4n) is 2.38. The van der Waals surface area contributed by atoms with Crippen LogP contribution in [-0.2, 0) is 6.54 Å². The Morgan fingerprint density at radius 2 is 1.91 bits per heavy atom. The van der Waals surface area contributed by atoms with Crippen molar-refractivity contribution in [2.45, 2.75) is 58.6 Å². The van der Waals surface area contributed by atoms with Gasteiger partial charge in [-0.2, -0.15) is 0 Å². The van der Waals surface area contributed by atoms with Crippen LogP contribution in [0.25, 0.3) is 0 Å². The predicted octanol–water partition coefficient (Wildman–Crippen LogP) is 3.75. The number of guanidine groups is 1. The van der Waals surface area contributed by atoms with Crippen molar-refractivity contribution >= 4 is 41.3 Å². The Morgan fingerprint density at radius 3 is 2.41 bits per heavy atom. The predicted molar refractivity (Wildman–Crippen MR) is 107 cm³/mol. The molecule has 1 heterocycles. The molecule has 3 N–H and O–H groups in total. The standard InChI is InChI=1S/C16H29N3OS.HI/c1-4-9-16(20,10-5-2)13-19-15(17-6-3)18-12-14-8-7-11-21-14;/h7-8,11,20H,4-6,9-10,12-13H2,1-3H3,(H2,17,18,19);1H. The van der Waals surface area contributed by atoms with Crippen molar-refractivity contribution in [3.63, 3.8) is 0 Å². The Kier molecular flexibility index (Phi) is 11.9. The van der Waals surface area contributed by atoms with Crippen molar-refractivity contribution in [3.8, 4) is 0 Å². The van der Waals surface area contributed by atoms with Gasteiger partial charge in [0.05, 0.1) is 12.1 Å². The van der Waals surface area contributed by atoms with E-state index in [0.29, 0.717) is 13.1 Å². The highest BCUT2D eigenvalue weighted by atomic mass is 127. The highest BCUT2D eigenvalue weighted by Gasteiger charge is 2.24. The lowest BCUT2D eigenvalue weighted by Crippen LogP contribution is -2.47. The van der Waals surface area contributed by atoms with E-state index in [9.17, 15) is 5.11 Å². The number of rotatable bonds is 9. The zero-order valence-electron chi connectivity index (χ0n) is 13.9. The van der Waals surface area contributed by atoms with Crippen molar-refractivity contribution in [2.24, 2.45) is 4.99 Å². The van der Waals surface area contributed by atoms with Gasteiger partial charge in [-0.25, -0.2) is 4.99 Å². The lowest BCUT2D eigenvalue weighted by Gasteiger charge is -2.28. The van der Waals surface area contributed by atoms with E-state index in [0.717, 1.165) is 38.2 Å². The lowest BCUT2D eigenvalue weighted by molar-refractivity contribution is 0.0257. The van der Waals surface area contributed by atoms with Crippen LogP contribution in [0.1, 0.15) is 51.3 Å². The maximum absolute atomic E-state index is 10.6. The summed E-state index contributed by atoms with van der Waals surface area (Å²) in [7, 11) is 0. The average molecular weight is 439 g/mol. The Labute approximate surface area is 155 Å². The van der Waals surface area contributed by atoms with Gasteiger partial charge in [0.2, 0.25) is 0 Å². The number of aliphatic imine (C=N–C) groups is 1. The van der Waals surface area contributed by atoms with Gasteiger partial charge in [0.1, 0.15) is 0 Å². The topological polar surface area (TPSA) is 56.6 Å². The minimum Gasteiger partial charge on any atom is -0.388 e. The Hall–Kier alpha value is -0.340. The van der Waals surface area contributed by atoms with E-state index in [4.69, 9.17) is 0 Å². The van der Waals surface area contributed by atoms with Crippen LogP contribution >= 0.6 is 35.3 Å². The second-order valence-corrected chi connectivity index (χ2v) is 6.38. The maximum Gasteiger partial charge on any atom is 0.191 e. The normalized spacial score (nSPS) is 11.9. The summed E-state index contributed by atoms with van der Waals surface area (Å²) < 4.78 is 0. The summed E-state index contributed by atoms with van der Waals surface area (Å²) in [6.45, 7) is 8.30. The van der Waals surface area contributed by atoms with Crippen LogP contribution in [0.5, 0.6) is 0 Å². The molecule has 1 rings (SSSR count). The Balaban J connectivity index is 0.00000441. The molecule has 128 valence electrons. The molecule has 0 aliphatic carbocycles. The molecule has 6 heteroatoms. The molecule has 0 aliphatic rings. The summed E-state index contributed by atoms with van der Waals surface area (Å²) in [5.41, 5.74) is -0.636. The molecule has 1 aromatic rings. The molecule has 0 amide bonds. The van der Waals surface area contributed by atoms with E-state index in [2.05, 4.69) is 40.9 Å². The van der Waals surface area contributed by atoms with Crippen LogP contribution in [0.4, 0.5) is 0 Å². The molecule has 0 radical (unpaired) electrons. The second kappa shape index (κ2) is 12.1. The number of hydrogen-bond donors (Lipinski definition) is 3. The highest BCUT2D eigenvalue weighted by Crippen LogP contribution is 2.18.